The van der Waals surface area contributed by atoms with E-state index in [9.17, 15) is 8.78 Å². The van der Waals surface area contributed by atoms with Crippen molar-refractivity contribution in [1.29, 1.82) is 0 Å². The van der Waals surface area contributed by atoms with E-state index in [1.165, 1.54) is 17.3 Å². The highest BCUT2D eigenvalue weighted by Crippen LogP contribution is 2.20. The SMILES string of the molecule is C[Si](C)(C)c1ccc(COc2cccc(F)c2F)cc1. The van der Waals surface area contributed by atoms with Crippen LogP contribution in [0.5, 0.6) is 5.75 Å². The third-order valence-electron chi connectivity index (χ3n) is 3.13. The van der Waals surface area contributed by atoms with E-state index < -0.39 is 19.7 Å². The Morgan fingerprint density at radius 2 is 1.60 bits per heavy atom. The Hall–Kier alpha value is -1.68. The van der Waals surface area contributed by atoms with Crippen LogP contribution in [0, 0.1) is 11.6 Å². The van der Waals surface area contributed by atoms with E-state index in [2.05, 4.69) is 31.8 Å². The molecule has 2 rings (SSSR count). The van der Waals surface area contributed by atoms with Gasteiger partial charge in [-0.2, -0.15) is 4.39 Å². The van der Waals surface area contributed by atoms with Crippen molar-refractivity contribution in [3.8, 4) is 5.75 Å². The van der Waals surface area contributed by atoms with Gasteiger partial charge in [0.25, 0.3) is 0 Å². The third kappa shape index (κ3) is 3.45. The number of hydrogen-bond donors (Lipinski definition) is 0. The summed E-state index contributed by atoms with van der Waals surface area (Å²) in [5, 5.41) is 1.36. The number of halogens is 2. The largest absolute Gasteiger partial charge is 0.486 e. The van der Waals surface area contributed by atoms with Crippen molar-refractivity contribution >= 4 is 13.3 Å². The van der Waals surface area contributed by atoms with E-state index in [0.29, 0.717) is 0 Å². The third-order valence-corrected chi connectivity index (χ3v) is 5.20. The average Bonchev–Trinajstić information content (AvgIpc) is 2.40. The summed E-state index contributed by atoms with van der Waals surface area (Å²) in [5.74, 6) is -1.89. The van der Waals surface area contributed by atoms with Gasteiger partial charge in [0, 0.05) is 0 Å². The smallest absolute Gasteiger partial charge is 0.200 e. The Morgan fingerprint density at radius 1 is 0.950 bits per heavy atom. The zero-order valence-corrected chi connectivity index (χ0v) is 12.9. The first kappa shape index (κ1) is 14.7. The van der Waals surface area contributed by atoms with Gasteiger partial charge in [-0.25, -0.2) is 4.39 Å². The molecule has 2 aromatic rings. The Kier molecular flexibility index (Phi) is 4.23. The summed E-state index contributed by atoms with van der Waals surface area (Å²) in [5.41, 5.74) is 0.940. The lowest BCUT2D eigenvalue weighted by Crippen LogP contribution is -2.37. The monoisotopic (exact) mass is 292 g/mol. The summed E-state index contributed by atoms with van der Waals surface area (Å²) in [4.78, 5) is 0. The minimum Gasteiger partial charge on any atom is -0.486 e. The van der Waals surface area contributed by atoms with Crippen LogP contribution in [0.25, 0.3) is 0 Å². The topological polar surface area (TPSA) is 9.23 Å². The Balaban J connectivity index is 2.06. The molecule has 0 aromatic heterocycles. The van der Waals surface area contributed by atoms with Crippen molar-refractivity contribution in [3.63, 3.8) is 0 Å². The highest BCUT2D eigenvalue weighted by Gasteiger charge is 2.15. The first-order chi connectivity index (χ1) is 9.38. The van der Waals surface area contributed by atoms with E-state index in [1.807, 2.05) is 12.1 Å². The molecule has 0 aliphatic rings. The molecule has 0 radical (unpaired) electrons. The molecule has 0 bridgehead atoms. The predicted molar refractivity (Wildman–Crippen MR) is 80.1 cm³/mol. The van der Waals surface area contributed by atoms with Crippen LogP contribution < -0.4 is 9.92 Å². The fourth-order valence-corrected chi connectivity index (χ4v) is 3.02. The first-order valence-electron chi connectivity index (χ1n) is 6.54. The molecular weight excluding hydrogens is 274 g/mol. The summed E-state index contributed by atoms with van der Waals surface area (Å²) >= 11 is 0. The second kappa shape index (κ2) is 5.75. The molecule has 0 atom stereocenters. The first-order valence-corrected chi connectivity index (χ1v) is 10.0. The lowest BCUT2D eigenvalue weighted by Gasteiger charge is -2.16. The lowest BCUT2D eigenvalue weighted by molar-refractivity contribution is 0.284. The molecule has 2 aromatic carbocycles. The number of hydrogen-bond acceptors (Lipinski definition) is 1. The molecule has 0 unspecified atom stereocenters. The van der Waals surface area contributed by atoms with Crippen molar-refractivity contribution in [3.05, 3.63) is 59.7 Å². The highest BCUT2D eigenvalue weighted by molar-refractivity contribution is 6.88. The van der Waals surface area contributed by atoms with E-state index in [0.717, 1.165) is 11.6 Å². The second-order valence-corrected chi connectivity index (χ2v) is 10.9. The standard InChI is InChI=1S/C16H18F2OSi/c1-20(2,3)13-9-7-12(8-10-13)11-19-15-6-4-5-14(17)16(15)18/h4-10H,11H2,1-3H3. The Bertz CT molecular complexity index is 588. The molecular formula is C16H18F2OSi. The molecule has 20 heavy (non-hydrogen) atoms. The molecule has 0 heterocycles. The summed E-state index contributed by atoms with van der Waals surface area (Å²) in [6.45, 7) is 7.06. The summed E-state index contributed by atoms with van der Waals surface area (Å²) < 4.78 is 31.8. The maximum atomic E-state index is 13.4. The van der Waals surface area contributed by atoms with Gasteiger partial charge >= 0.3 is 0 Å². The Labute approximate surface area is 119 Å². The zero-order valence-electron chi connectivity index (χ0n) is 11.9. The summed E-state index contributed by atoms with van der Waals surface area (Å²) in [7, 11) is -1.31. The van der Waals surface area contributed by atoms with Gasteiger partial charge in [0.1, 0.15) is 6.61 Å². The molecule has 0 N–H and O–H groups in total. The molecule has 106 valence electrons. The van der Waals surface area contributed by atoms with Crippen LogP contribution in [0.2, 0.25) is 19.6 Å². The Morgan fingerprint density at radius 3 is 2.20 bits per heavy atom. The van der Waals surface area contributed by atoms with Crippen LogP contribution in [-0.2, 0) is 6.61 Å². The van der Waals surface area contributed by atoms with Crippen molar-refractivity contribution in [2.45, 2.75) is 26.2 Å². The zero-order chi connectivity index (χ0) is 14.8. The van der Waals surface area contributed by atoms with Crippen LogP contribution >= 0.6 is 0 Å². The maximum Gasteiger partial charge on any atom is 0.200 e. The van der Waals surface area contributed by atoms with Crippen molar-refractivity contribution in [2.75, 3.05) is 0 Å². The van der Waals surface area contributed by atoms with Crippen molar-refractivity contribution < 1.29 is 13.5 Å². The lowest BCUT2D eigenvalue weighted by atomic mass is 10.2. The molecule has 1 nitrogen and oxygen atoms in total. The van der Waals surface area contributed by atoms with Crippen molar-refractivity contribution in [1.82, 2.24) is 0 Å². The number of benzene rings is 2. The highest BCUT2D eigenvalue weighted by atomic mass is 28.3. The fourth-order valence-electron chi connectivity index (χ4n) is 1.86. The fraction of sp³-hybridized carbons (Fsp3) is 0.250. The molecule has 0 aliphatic heterocycles. The second-order valence-electron chi connectivity index (χ2n) is 5.79. The molecule has 0 amide bonds. The van der Waals surface area contributed by atoms with Crippen LogP contribution in [-0.4, -0.2) is 8.07 Å². The minimum atomic E-state index is -1.31. The molecule has 0 aliphatic carbocycles. The minimum absolute atomic E-state index is 0.0562. The quantitative estimate of drug-likeness (QED) is 0.771. The van der Waals surface area contributed by atoms with E-state index in [1.54, 1.807) is 0 Å². The van der Waals surface area contributed by atoms with Gasteiger partial charge < -0.3 is 4.74 Å². The number of rotatable bonds is 4. The summed E-state index contributed by atoms with van der Waals surface area (Å²) in [6.07, 6.45) is 0. The van der Waals surface area contributed by atoms with Gasteiger partial charge in [-0.1, -0.05) is 55.2 Å². The predicted octanol–water partition coefficient (Wildman–Crippen LogP) is 4.09. The van der Waals surface area contributed by atoms with Gasteiger partial charge in [0.2, 0.25) is 5.82 Å². The van der Waals surface area contributed by atoms with Gasteiger partial charge in [0.05, 0.1) is 8.07 Å². The molecule has 0 fully saturated rings. The van der Waals surface area contributed by atoms with E-state index in [4.69, 9.17) is 4.74 Å². The maximum absolute atomic E-state index is 13.4. The van der Waals surface area contributed by atoms with Gasteiger partial charge in [-0.3, -0.25) is 0 Å². The summed E-state index contributed by atoms with van der Waals surface area (Å²) in [6, 6.07) is 12.1. The van der Waals surface area contributed by atoms with Crippen molar-refractivity contribution in [2.24, 2.45) is 0 Å². The van der Waals surface area contributed by atoms with E-state index in [-0.39, 0.29) is 12.4 Å². The number of ether oxygens (including phenoxy) is 1. The molecule has 0 saturated heterocycles. The van der Waals surface area contributed by atoms with Gasteiger partial charge in [0.15, 0.2) is 11.6 Å². The molecule has 0 spiro atoms. The van der Waals surface area contributed by atoms with Gasteiger partial charge in [-0.05, 0) is 17.7 Å². The normalized spacial score (nSPS) is 11.4. The van der Waals surface area contributed by atoms with Gasteiger partial charge in [-0.15, -0.1) is 0 Å². The molecule has 4 heteroatoms. The van der Waals surface area contributed by atoms with Crippen LogP contribution in [0.3, 0.4) is 0 Å². The molecule has 0 saturated carbocycles. The van der Waals surface area contributed by atoms with E-state index >= 15 is 0 Å². The van der Waals surface area contributed by atoms with Crippen LogP contribution in [0.1, 0.15) is 5.56 Å². The van der Waals surface area contributed by atoms with Crippen LogP contribution in [0.4, 0.5) is 8.78 Å². The van der Waals surface area contributed by atoms with Crippen LogP contribution in [0.15, 0.2) is 42.5 Å². The average molecular weight is 292 g/mol.